The van der Waals surface area contributed by atoms with Crippen LogP contribution in [-0.2, 0) is 10.9 Å². The third kappa shape index (κ3) is 2.41. The van der Waals surface area contributed by atoms with Gasteiger partial charge in [0, 0.05) is 12.3 Å². The number of carbonyl (C=O) groups is 1. The first kappa shape index (κ1) is 12.3. The summed E-state index contributed by atoms with van der Waals surface area (Å²) in [6.07, 6.45) is -4.13. The van der Waals surface area contributed by atoms with E-state index in [-0.39, 0.29) is 5.88 Å². The SMILES string of the molecule is COC(=O)c1cc(OC)ncc1C(F)(F)F. The third-order valence-corrected chi connectivity index (χ3v) is 1.80. The van der Waals surface area contributed by atoms with Gasteiger partial charge in [0.1, 0.15) is 0 Å². The Hall–Kier alpha value is -1.79. The van der Waals surface area contributed by atoms with Crippen LogP contribution >= 0.6 is 0 Å². The van der Waals surface area contributed by atoms with E-state index in [1.165, 1.54) is 7.11 Å². The van der Waals surface area contributed by atoms with Crippen LogP contribution in [0.4, 0.5) is 13.2 Å². The number of hydrogen-bond acceptors (Lipinski definition) is 4. The second-order valence-electron chi connectivity index (χ2n) is 2.76. The van der Waals surface area contributed by atoms with E-state index in [2.05, 4.69) is 14.5 Å². The lowest BCUT2D eigenvalue weighted by molar-refractivity contribution is -0.138. The zero-order valence-electron chi connectivity index (χ0n) is 8.46. The number of aromatic nitrogens is 1. The maximum atomic E-state index is 12.5. The van der Waals surface area contributed by atoms with Gasteiger partial charge in [-0.15, -0.1) is 0 Å². The Kier molecular flexibility index (Phi) is 3.36. The molecule has 0 spiro atoms. The number of alkyl halides is 3. The highest BCUT2D eigenvalue weighted by Gasteiger charge is 2.36. The minimum absolute atomic E-state index is 0.0894. The molecule has 0 aromatic carbocycles. The van der Waals surface area contributed by atoms with Gasteiger partial charge < -0.3 is 9.47 Å². The average molecular weight is 235 g/mol. The smallest absolute Gasteiger partial charge is 0.418 e. The summed E-state index contributed by atoms with van der Waals surface area (Å²) in [5.74, 6) is -1.18. The van der Waals surface area contributed by atoms with Crippen molar-refractivity contribution in [2.45, 2.75) is 6.18 Å². The van der Waals surface area contributed by atoms with E-state index in [1.807, 2.05) is 0 Å². The Morgan fingerprint density at radius 2 is 2.00 bits per heavy atom. The summed E-state index contributed by atoms with van der Waals surface area (Å²) in [7, 11) is 2.23. The van der Waals surface area contributed by atoms with E-state index in [4.69, 9.17) is 0 Å². The molecule has 0 radical (unpaired) electrons. The minimum Gasteiger partial charge on any atom is -0.481 e. The summed E-state index contributed by atoms with van der Waals surface area (Å²) in [6.45, 7) is 0. The van der Waals surface area contributed by atoms with Crippen molar-refractivity contribution in [1.29, 1.82) is 0 Å². The lowest BCUT2D eigenvalue weighted by atomic mass is 10.1. The zero-order chi connectivity index (χ0) is 12.3. The summed E-state index contributed by atoms with van der Waals surface area (Å²) in [5, 5.41) is 0. The molecule has 0 aliphatic heterocycles. The second kappa shape index (κ2) is 4.38. The average Bonchev–Trinajstić information content (AvgIpc) is 2.25. The number of hydrogen-bond donors (Lipinski definition) is 0. The molecule has 1 rings (SSSR count). The normalized spacial score (nSPS) is 11.1. The maximum absolute atomic E-state index is 12.5. The number of rotatable bonds is 2. The lowest BCUT2D eigenvalue weighted by Gasteiger charge is -2.11. The number of ether oxygens (including phenoxy) is 2. The number of esters is 1. The molecule has 4 nitrogen and oxygen atoms in total. The molecular formula is C9H8F3NO3. The molecule has 0 N–H and O–H groups in total. The van der Waals surface area contributed by atoms with Gasteiger partial charge in [-0.25, -0.2) is 9.78 Å². The predicted molar refractivity (Wildman–Crippen MR) is 47.1 cm³/mol. The summed E-state index contributed by atoms with van der Waals surface area (Å²) in [4.78, 5) is 14.5. The van der Waals surface area contributed by atoms with Gasteiger partial charge in [0.2, 0.25) is 5.88 Å². The number of pyridine rings is 1. The van der Waals surface area contributed by atoms with Gasteiger partial charge in [-0.05, 0) is 0 Å². The van der Waals surface area contributed by atoms with Crippen LogP contribution in [0.5, 0.6) is 5.88 Å². The Morgan fingerprint density at radius 1 is 1.38 bits per heavy atom. The standard InChI is InChI=1S/C9H8F3NO3/c1-15-7-3-5(8(14)16-2)6(4-13-7)9(10,11)12/h3-4H,1-2H3. The van der Waals surface area contributed by atoms with Gasteiger partial charge in [-0.1, -0.05) is 0 Å². The van der Waals surface area contributed by atoms with Crippen molar-refractivity contribution in [2.24, 2.45) is 0 Å². The Labute approximate surface area is 89.0 Å². The van der Waals surface area contributed by atoms with E-state index in [9.17, 15) is 18.0 Å². The molecule has 0 aliphatic carbocycles. The topological polar surface area (TPSA) is 48.4 Å². The second-order valence-corrected chi connectivity index (χ2v) is 2.76. The highest BCUT2D eigenvalue weighted by atomic mass is 19.4. The molecule has 16 heavy (non-hydrogen) atoms. The highest BCUT2D eigenvalue weighted by molar-refractivity contribution is 5.91. The quantitative estimate of drug-likeness (QED) is 0.734. The molecule has 0 saturated heterocycles. The largest absolute Gasteiger partial charge is 0.481 e. The van der Waals surface area contributed by atoms with Gasteiger partial charge >= 0.3 is 12.1 Å². The van der Waals surface area contributed by atoms with E-state index in [0.717, 1.165) is 13.2 Å². The Morgan fingerprint density at radius 3 is 2.44 bits per heavy atom. The van der Waals surface area contributed by atoms with Crippen molar-refractivity contribution in [3.8, 4) is 5.88 Å². The van der Waals surface area contributed by atoms with Gasteiger partial charge in [-0.3, -0.25) is 0 Å². The summed E-state index contributed by atoms with van der Waals surface area (Å²) in [6, 6.07) is 0.884. The van der Waals surface area contributed by atoms with Gasteiger partial charge in [0.25, 0.3) is 0 Å². The van der Waals surface area contributed by atoms with Crippen molar-refractivity contribution in [3.05, 3.63) is 23.4 Å². The van der Waals surface area contributed by atoms with Crippen molar-refractivity contribution < 1.29 is 27.4 Å². The maximum Gasteiger partial charge on any atom is 0.418 e. The van der Waals surface area contributed by atoms with Crippen LogP contribution in [0.1, 0.15) is 15.9 Å². The number of halogens is 3. The molecule has 1 aromatic heterocycles. The van der Waals surface area contributed by atoms with Gasteiger partial charge in [-0.2, -0.15) is 13.2 Å². The highest BCUT2D eigenvalue weighted by Crippen LogP contribution is 2.32. The molecule has 0 bridgehead atoms. The Balaban J connectivity index is 3.33. The van der Waals surface area contributed by atoms with Crippen LogP contribution in [0.15, 0.2) is 12.3 Å². The molecule has 1 heterocycles. The number of carbonyl (C=O) groups excluding carboxylic acids is 1. The van der Waals surface area contributed by atoms with Crippen molar-refractivity contribution in [2.75, 3.05) is 14.2 Å². The molecule has 0 atom stereocenters. The van der Waals surface area contributed by atoms with E-state index < -0.39 is 23.3 Å². The molecule has 0 fully saturated rings. The van der Waals surface area contributed by atoms with Crippen LogP contribution in [-0.4, -0.2) is 25.2 Å². The predicted octanol–water partition coefficient (Wildman–Crippen LogP) is 1.90. The van der Waals surface area contributed by atoms with E-state index >= 15 is 0 Å². The molecule has 1 aromatic rings. The Bertz CT molecular complexity index is 403. The van der Waals surface area contributed by atoms with E-state index in [0.29, 0.717) is 6.20 Å². The molecular weight excluding hydrogens is 227 g/mol. The van der Waals surface area contributed by atoms with Crippen LogP contribution in [0.2, 0.25) is 0 Å². The van der Waals surface area contributed by atoms with Crippen LogP contribution in [0.3, 0.4) is 0 Å². The van der Waals surface area contributed by atoms with Crippen LogP contribution in [0, 0.1) is 0 Å². The molecule has 0 saturated carbocycles. The van der Waals surface area contributed by atoms with Crippen LogP contribution < -0.4 is 4.74 Å². The summed E-state index contributed by atoms with van der Waals surface area (Å²) in [5.41, 5.74) is -1.78. The molecule has 0 unspecified atom stereocenters. The zero-order valence-corrected chi connectivity index (χ0v) is 8.46. The van der Waals surface area contributed by atoms with Crippen molar-refractivity contribution in [1.82, 2.24) is 4.98 Å². The summed E-state index contributed by atoms with van der Waals surface area (Å²) >= 11 is 0. The lowest BCUT2D eigenvalue weighted by Crippen LogP contribution is -2.15. The van der Waals surface area contributed by atoms with Crippen molar-refractivity contribution >= 4 is 5.97 Å². The first-order valence-corrected chi connectivity index (χ1v) is 4.09. The van der Waals surface area contributed by atoms with E-state index in [1.54, 1.807) is 0 Å². The fourth-order valence-corrected chi connectivity index (χ4v) is 1.05. The third-order valence-electron chi connectivity index (χ3n) is 1.80. The fraction of sp³-hybridized carbons (Fsp3) is 0.333. The molecule has 88 valence electrons. The molecule has 0 aliphatic rings. The number of nitrogens with zero attached hydrogens (tertiary/aromatic N) is 1. The summed E-state index contributed by atoms with van der Waals surface area (Å²) < 4.78 is 46.4. The monoisotopic (exact) mass is 235 g/mol. The molecule has 0 amide bonds. The van der Waals surface area contributed by atoms with Crippen LogP contribution in [0.25, 0.3) is 0 Å². The first-order chi connectivity index (χ1) is 7.40. The minimum atomic E-state index is -4.66. The van der Waals surface area contributed by atoms with Gasteiger partial charge in [0.05, 0.1) is 25.3 Å². The molecule has 7 heteroatoms. The van der Waals surface area contributed by atoms with Crippen molar-refractivity contribution in [3.63, 3.8) is 0 Å². The number of methoxy groups -OCH3 is 2. The fourth-order valence-electron chi connectivity index (χ4n) is 1.05. The first-order valence-electron chi connectivity index (χ1n) is 4.09. The van der Waals surface area contributed by atoms with Gasteiger partial charge in [0.15, 0.2) is 0 Å².